The van der Waals surface area contributed by atoms with Gasteiger partial charge in [-0.3, -0.25) is 9.59 Å². The molecular formula is C13H16O2. The van der Waals surface area contributed by atoms with Gasteiger partial charge in [-0.1, -0.05) is 12.2 Å². The van der Waals surface area contributed by atoms with Crippen LogP contribution in [-0.4, -0.2) is 11.6 Å². The maximum atomic E-state index is 11.8. The van der Waals surface area contributed by atoms with Crippen LogP contribution in [0.25, 0.3) is 0 Å². The Balaban J connectivity index is 3.28. The summed E-state index contributed by atoms with van der Waals surface area (Å²) in [5.74, 6) is -0.0846. The van der Waals surface area contributed by atoms with E-state index in [0.29, 0.717) is 5.57 Å². The van der Waals surface area contributed by atoms with E-state index in [1.165, 1.54) is 6.08 Å². The van der Waals surface area contributed by atoms with Crippen LogP contribution in [-0.2, 0) is 9.59 Å². The molecule has 0 aliphatic heterocycles. The summed E-state index contributed by atoms with van der Waals surface area (Å²) >= 11 is 0. The number of allylic oxidation sites excluding steroid dienone is 6. The van der Waals surface area contributed by atoms with Crippen molar-refractivity contribution in [2.24, 2.45) is 5.41 Å². The molecule has 0 bridgehead atoms. The molecule has 0 amide bonds. The number of carbonyl (C=O) groups excluding carboxylic acids is 2. The third kappa shape index (κ3) is 1.99. The molecule has 0 saturated carbocycles. The summed E-state index contributed by atoms with van der Waals surface area (Å²) in [6.45, 7) is 7.24. The summed E-state index contributed by atoms with van der Waals surface area (Å²) in [5, 5.41) is 0. The lowest BCUT2D eigenvalue weighted by Crippen LogP contribution is -2.31. The molecular weight excluding hydrogens is 188 g/mol. The molecule has 80 valence electrons. The zero-order valence-electron chi connectivity index (χ0n) is 9.63. The van der Waals surface area contributed by atoms with Gasteiger partial charge in [0.25, 0.3) is 0 Å². The first-order chi connectivity index (χ1) is 6.91. The second-order valence-corrected chi connectivity index (χ2v) is 4.24. The van der Waals surface area contributed by atoms with Crippen molar-refractivity contribution in [1.82, 2.24) is 0 Å². The Morgan fingerprint density at radius 1 is 1.33 bits per heavy atom. The predicted molar refractivity (Wildman–Crippen MR) is 60.4 cm³/mol. The van der Waals surface area contributed by atoms with E-state index in [-0.39, 0.29) is 11.6 Å². The maximum Gasteiger partial charge on any atom is 0.182 e. The molecule has 0 atom stereocenters. The fourth-order valence-corrected chi connectivity index (χ4v) is 1.85. The first kappa shape index (κ1) is 11.6. The van der Waals surface area contributed by atoms with Crippen molar-refractivity contribution in [2.45, 2.75) is 27.7 Å². The van der Waals surface area contributed by atoms with Crippen LogP contribution in [0.3, 0.4) is 0 Å². The van der Waals surface area contributed by atoms with Gasteiger partial charge in [0.15, 0.2) is 11.6 Å². The molecule has 0 aromatic rings. The van der Waals surface area contributed by atoms with Crippen molar-refractivity contribution in [3.05, 3.63) is 35.5 Å². The van der Waals surface area contributed by atoms with Crippen molar-refractivity contribution in [1.29, 1.82) is 0 Å². The quantitative estimate of drug-likeness (QED) is 0.648. The molecule has 2 heteroatoms. The Morgan fingerprint density at radius 2 is 1.93 bits per heavy atom. The van der Waals surface area contributed by atoms with E-state index in [2.05, 4.69) is 0 Å². The summed E-state index contributed by atoms with van der Waals surface area (Å²) in [6.07, 6.45) is 6.46. The summed E-state index contributed by atoms with van der Waals surface area (Å²) < 4.78 is 0. The van der Waals surface area contributed by atoms with E-state index < -0.39 is 5.41 Å². The molecule has 0 spiro atoms. The highest BCUT2D eigenvalue weighted by Crippen LogP contribution is 2.34. The molecule has 0 heterocycles. The Kier molecular flexibility index (Phi) is 3.08. The molecule has 2 nitrogen and oxygen atoms in total. The standard InChI is InChI=1S/C13H16O2/c1-5-6-10(14)12-9(2)7-8-11(15)13(12,3)4/h5-8H,1-4H3/b6-5+. The molecule has 1 aliphatic carbocycles. The fourth-order valence-electron chi connectivity index (χ4n) is 1.85. The minimum atomic E-state index is -0.699. The van der Waals surface area contributed by atoms with Gasteiger partial charge in [-0.05, 0) is 45.4 Å². The fraction of sp³-hybridized carbons (Fsp3) is 0.385. The summed E-state index contributed by atoms with van der Waals surface area (Å²) in [6, 6.07) is 0. The minimum absolute atomic E-state index is 0.0130. The minimum Gasteiger partial charge on any atom is -0.294 e. The van der Waals surface area contributed by atoms with Crippen LogP contribution in [0.15, 0.2) is 35.5 Å². The van der Waals surface area contributed by atoms with Crippen LogP contribution < -0.4 is 0 Å². The molecule has 0 fully saturated rings. The summed E-state index contributed by atoms with van der Waals surface area (Å²) in [7, 11) is 0. The van der Waals surface area contributed by atoms with Crippen molar-refractivity contribution in [3.8, 4) is 0 Å². The molecule has 15 heavy (non-hydrogen) atoms. The highest BCUT2D eigenvalue weighted by Gasteiger charge is 2.36. The monoisotopic (exact) mass is 204 g/mol. The average molecular weight is 204 g/mol. The van der Waals surface area contributed by atoms with E-state index in [1.807, 2.05) is 6.92 Å². The van der Waals surface area contributed by atoms with Gasteiger partial charge in [-0.15, -0.1) is 0 Å². The van der Waals surface area contributed by atoms with Gasteiger partial charge in [0, 0.05) is 5.57 Å². The van der Waals surface area contributed by atoms with Gasteiger partial charge >= 0.3 is 0 Å². The van der Waals surface area contributed by atoms with Crippen LogP contribution in [0.1, 0.15) is 27.7 Å². The van der Waals surface area contributed by atoms with Gasteiger partial charge in [0.05, 0.1) is 5.41 Å². The van der Waals surface area contributed by atoms with Crippen LogP contribution in [0.4, 0.5) is 0 Å². The third-order valence-corrected chi connectivity index (χ3v) is 2.68. The topological polar surface area (TPSA) is 34.1 Å². The number of ketones is 2. The average Bonchev–Trinajstić information content (AvgIpc) is 2.12. The molecule has 0 N–H and O–H groups in total. The van der Waals surface area contributed by atoms with Gasteiger partial charge in [0.2, 0.25) is 0 Å². The Morgan fingerprint density at radius 3 is 2.47 bits per heavy atom. The van der Waals surface area contributed by atoms with Gasteiger partial charge in [-0.25, -0.2) is 0 Å². The molecule has 1 rings (SSSR count). The summed E-state index contributed by atoms with van der Waals surface area (Å²) in [5.41, 5.74) is 0.783. The van der Waals surface area contributed by atoms with Crippen LogP contribution >= 0.6 is 0 Å². The lowest BCUT2D eigenvalue weighted by atomic mass is 9.73. The Labute approximate surface area is 90.4 Å². The first-order valence-corrected chi connectivity index (χ1v) is 5.02. The first-order valence-electron chi connectivity index (χ1n) is 5.02. The molecule has 0 radical (unpaired) electrons. The SMILES string of the molecule is C/C=C/C(=O)C1=C(C)C=CC(=O)C1(C)C. The molecule has 0 unspecified atom stereocenters. The second kappa shape index (κ2) is 3.97. The Hall–Kier alpha value is -1.44. The number of rotatable bonds is 2. The maximum absolute atomic E-state index is 11.8. The zero-order valence-corrected chi connectivity index (χ0v) is 9.63. The van der Waals surface area contributed by atoms with Crippen LogP contribution in [0.2, 0.25) is 0 Å². The number of hydrogen-bond acceptors (Lipinski definition) is 2. The smallest absolute Gasteiger partial charge is 0.182 e. The molecule has 1 aliphatic rings. The van der Waals surface area contributed by atoms with E-state index in [9.17, 15) is 9.59 Å². The molecule has 0 aromatic heterocycles. The lowest BCUT2D eigenvalue weighted by Gasteiger charge is -2.28. The lowest BCUT2D eigenvalue weighted by molar-refractivity contribution is -0.123. The van der Waals surface area contributed by atoms with Crippen molar-refractivity contribution in [2.75, 3.05) is 0 Å². The van der Waals surface area contributed by atoms with Crippen LogP contribution in [0, 0.1) is 5.41 Å². The highest BCUT2D eigenvalue weighted by atomic mass is 16.1. The van der Waals surface area contributed by atoms with E-state index >= 15 is 0 Å². The van der Waals surface area contributed by atoms with Gasteiger partial charge in [0.1, 0.15) is 0 Å². The van der Waals surface area contributed by atoms with E-state index in [1.54, 1.807) is 39.0 Å². The molecule has 0 aromatic carbocycles. The summed E-state index contributed by atoms with van der Waals surface area (Å²) in [4.78, 5) is 23.5. The largest absolute Gasteiger partial charge is 0.294 e. The highest BCUT2D eigenvalue weighted by molar-refractivity contribution is 6.13. The van der Waals surface area contributed by atoms with Gasteiger partial charge < -0.3 is 0 Å². The van der Waals surface area contributed by atoms with Crippen molar-refractivity contribution < 1.29 is 9.59 Å². The second-order valence-electron chi connectivity index (χ2n) is 4.24. The van der Waals surface area contributed by atoms with E-state index in [0.717, 1.165) is 5.57 Å². The number of carbonyl (C=O) groups is 2. The van der Waals surface area contributed by atoms with Crippen LogP contribution in [0.5, 0.6) is 0 Å². The predicted octanol–water partition coefficient (Wildman–Crippen LogP) is 2.61. The normalized spacial score (nSPS) is 20.1. The number of hydrogen-bond donors (Lipinski definition) is 0. The Bertz CT molecular complexity index is 393. The van der Waals surface area contributed by atoms with Gasteiger partial charge in [-0.2, -0.15) is 0 Å². The molecule has 0 saturated heterocycles. The third-order valence-electron chi connectivity index (χ3n) is 2.68. The zero-order chi connectivity index (χ0) is 11.6. The van der Waals surface area contributed by atoms with E-state index in [4.69, 9.17) is 0 Å². The van der Waals surface area contributed by atoms with Crippen molar-refractivity contribution >= 4 is 11.6 Å². The van der Waals surface area contributed by atoms with Crippen molar-refractivity contribution in [3.63, 3.8) is 0 Å².